The van der Waals surface area contributed by atoms with Crippen LogP contribution in [0.15, 0.2) is 58.1 Å². The van der Waals surface area contributed by atoms with Gasteiger partial charge in [-0.05, 0) is 42.8 Å². The maximum atomic E-state index is 11.8. The van der Waals surface area contributed by atoms with Crippen molar-refractivity contribution in [3.8, 4) is 11.5 Å². The first-order valence-corrected chi connectivity index (χ1v) is 8.19. The Hall–Kier alpha value is -2.34. The van der Waals surface area contributed by atoms with Crippen molar-refractivity contribution >= 4 is 27.5 Å². The lowest BCUT2D eigenvalue weighted by molar-refractivity contribution is -0.123. The van der Waals surface area contributed by atoms with Crippen LogP contribution in [0.4, 0.5) is 0 Å². The van der Waals surface area contributed by atoms with Gasteiger partial charge >= 0.3 is 0 Å². The van der Waals surface area contributed by atoms with Gasteiger partial charge in [-0.3, -0.25) is 4.79 Å². The normalized spacial score (nSPS) is 11.0. The molecule has 1 amide bonds. The highest BCUT2D eigenvalue weighted by molar-refractivity contribution is 9.10. The quantitative estimate of drug-likeness (QED) is 0.580. The predicted molar refractivity (Wildman–Crippen MR) is 97.6 cm³/mol. The molecule has 24 heavy (non-hydrogen) atoms. The fraction of sp³-hybridized carbons (Fsp3) is 0.222. The molecule has 0 unspecified atom stereocenters. The molecule has 0 bridgehead atoms. The molecular weight excluding hydrogens is 372 g/mol. The Kier molecular flexibility index (Phi) is 6.81. The number of methoxy groups -OCH3 is 1. The first kappa shape index (κ1) is 18.0. The second-order valence-electron chi connectivity index (χ2n) is 5.15. The van der Waals surface area contributed by atoms with Gasteiger partial charge in [0, 0.05) is 16.6 Å². The summed E-state index contributed by atoms with van der Waals surface area (Å²) in [7, 11) is 1.63. The summed E-state index contributed by atoms with van der Waals surface area (Å²) in [5.41, 5.74) is 4.39. The number of hydrogen-bond acceptors (Lipinski definition) is 4. The number of halogens is 1. The number of hydrogen-bond donors (Lipinski definition) is 1. The molecule has 0 aliphatic carbocycles. The van der Waals surface area contributed by atoms with Crippen LogP contribution in [0.25, 0.3) is 0 Å². The fourth-order valence-electron chi connectivity index (χ4n) is 1.97. The van der Waals surface area contributed by atoms with Gasteiger partial charge in [-0.1, -0.05) is 34.1 Å². The molecule has 1 N–H and O–H groups in total. The van der Waals surface area contributed by atoms with Gasteiger partial charge in [0.2, 0.25) is 0 Å². The van der Waals surface area contributed by atoms with Crippen molar-refractivity contribution in [2.75, 3.05) is 13.7 Å². The SMILES string of the molecule is COc1ccc(C/C(C)=N\NC(=O)COc2cccc(Br)c2)cc1. The van der Waals surface area contributed by atoms with E-state index in [1.54, 1.807) is 19.2 Å². The maximum Gasteiger partial charge on any atom is 0.277 e. The number of rotatable bonds is 7. The minimum absolute atomic E-state index is 0.0875. The van der Waals surface area contributed by atoms with E-state index in [4.69, 9.17) is 9.47 Å². The van der Waals surface area contributed by atoms with Gasteiger partial charge in [-0.2, -0.15) is 5.10 Å². The number of hydrazone groups is 1. The highest BCUT2D eigenvalue weighted by Crippen LogP contribution is 2.17. The zero-order valence-corrected chi connectivity index (χ0v) is 15.2. The van der Waals surface area contributed by atoms with E-state index in [2.05, 4.69) is 26.5 Å². The van der Waals surface area contributed by atoms with Gasteiger partial charge in [0.25, 0.3) is 5.91 Å². The summed E-state index contributed by atoms with van der Waals surface area (Å²) in [4.78, 5) is 11.8. The number of carbonyl (C=O) groups is 1. The third-order valence-corrected chi connectivity index (χ3v) is 3.65. The Morgan fingerprint density at radius 3 is 2.58 bits per heavy atom. The molecule has 2 rings (SSSR count). The van der Waals surface area contributed by atoms with Crippen molar-refractivity contribution in [1.82, 2.24) is 5.43 Å². The lowest BCUT2D eigenvalue weighted by Crippen LogP contribution is -2.25. The van der Waals surface area contributed by atoms with E-state index in [1.807, 2.05) is 43.3 Å². The molecule has 0 spiro atoms. The summed E-state index contributed by atoms with van der Waals surface area (Å²) in [6, 6.07) is 15.0. The second-order valence-corrected chi connectivity index (χ2v) is 6.07. The van der Waals surface area contributed by atoms with Crippen LogP contribution in [0.2, 0.25) is 0 Å². The number of carbonyl (C=O) groups excluding carboxylic acids is 1. The van der Waals surface area contributed by atoms with Gasteiger partial charge in [-0.25, -0.2) is 5.43 Å². The van der Waals surface area contributed by atoms with E-state index in [1.165, 1.54) is 0 Å². The number of amides is 1. The Morgan fingerprint density at radius 2 is 1.92 bits per heavy atom. The molecule has 0 aromatic heterocycles. The van der Waals surface area contributed by atoms with Crippen molar-refractivity contribution in [1.29, 1.82) is 0 Å². The van der Waals surface area contributed by atoms with Crippen LogP contribution in [0.3, 0.4) is 0 Å². The summed E-state index contributed by atoms with van der Waals surface area (Å²) >= 11 is 3.35. The van der Waals surface area contributed by atoms with E-state index in [9.17, 15) is 4.79 Å². The van der Waals surface area contributed by atoms with Crippen molar-refractivity contribution < 1.29 is 14.3 Å². The highest BCUT2D eigenvalue weighted by Gasteiger charge is 2.03. The molecule has 0 aliphatic rings. The molecule has 0 radical (unpaired) electrons. The molecule has 5 nitrogen and oxygen atoms in total. The lowest BCUT2D eigenvalue weighted by atomic mass is 10.1. The topological polar surface area (TPSA) is 59.9 Å². The van der Waals surface area contributed by atoms with Crippen molar-refractivity contribution in [2.45, 2.75) is 13.3 Å². The van der Waals surface area contributed by atoms with Gasteiger partial charge in [0.15, 0.2) is 6.61 Å². The molecule has 0 fully saturated rings. The summed E-state index contributed by atoms with van der Waals surface area (Å²) in [6.45, 7) is 1.77. The van der Waals surface area contributed by atoms with Crippen molar-refractivity contribution in [3.63, 3.8) is 0 Å². The Balaban J connectivity index is 1.79. The van der Waals surface area contributed by atoms with Crippen molar-refractivity contribution in [3.05, 3.63) is 58.6 Å². The molecule has 2 aromatic carbocycles. The minimum Gasteiger partial charge on any atom is -0.497 e. The number of nitrogens with one attached hydrogen (secondary N) is 1. The lowest BCUT2D eigenvalue weighted by Gasteiger charge is -2.06. The van der Waals surface area contributed by atoms with Crippen LogP contribution < -0.4 is 14.9 Å². The van der Waals surface area contributed by atoms with Crippen molar-refractivity contribution in [2.24, 2.45) is 5.10 Å². The summed E-state index contributed by atoms with van der Waals surface area (Å²) in [6.07, 6.45) is 0.650. The van der Waals surface area contributed by atoms with Crippen LogP contribution >= 0.6 is 15.9 Å². The van der Waals surface area contributed by atoms with Crippen LogP contribution in [0.1, 0.15) is 12.5 Å². The third kappa shape index (κ3) is 6.04. The first-order chi connectivity index (χ1) is 11.6. The standard InChI is InChI=1S/C18H19BrN2O3/c1-13(10-14-6-8-16(23-2)9-7-14)20-21-18(22)12-24-17-5-3-4-15(19)11-17/h3-9,11H,10,12H2,1-2H3,(H,21,22)/b20-13-. The minimum atomic E-state index is -0.302. The van der Waals surface area contributed by atoms with Gasteiger partial charge in [0.05, 0.1) is 7.11 Å². The summed E-state index contributed by atoms with van der Waals surface area (Å²) in [5, 5.41) is 4.09. The third-order valence-electron chi connectivity index (χ3n) is 3.16. The highest BCUT2D eigenvalue weighted by atomic mass is 79.9. The zero-order chi connectivity index (χ0) is 17.4. The smallest absolute Gasteiger partial charge is 0.277 e. The number of nitrogens with zero attached hydrogens (tertiary/aromatic N) is 1. The monoisotopic (exact) mass is 390 g/mol. The van der Waals surface area contributed by atoms with E-state index >= 15 is 0 Å². The molecular formula is C18H19BrN2O3. The summed E-state index contributed by atoms with van der Waals surface area (Å²) < 4.78 is 11.4. The Morgan fingerprint density at radius 1 is 1.17 bits per heavy atom. The molecule has 2 aromatic rings. The molecule has 0 saturated heterocycles. The zero-order valence-electron chi connectivity index (χ0n) is 13.6. The predicted octanol–water partition coefficient (Wildman–Crippen LogP) is 3.57. The molecule has 0 atom stereocenters. The van der Waals surface area contributed by atoms with E-state index in [-0.39, 0.29) is 12.5 Å². The fourth-order valence-corrected chi connectivity index (χ4v) is 2.35. The van der Waals surface area contributed by atoms with Gasteiger partial charge < -0.3 is 9.47 Å². The van der Waals surface area contributed by atoms with Gasteiger partial charge in [0.1, 0.15) is 11.5 Å². The van der Waals surface area contributed by atoms with E-state index in [0.29, 0.717) is 12.2 Å². The largest absolute Gasteiger partial charge is 0.497 e. The second kappa shape index (κ2) is 9.08. The molecule has 0 heterocycles. The average Bonchev–Trinajstić information content (AvgIpc) is 2.59. The Bertz CT molecular complexity index is 714. The van der Waals surface area contributed by atoms with Gasteiger partial charge in [-0.15, -0.1) is 0 Å². The first-order valence-electron chi connectivity index (χ1n) is 7.40. The Labute approximate surface area is 149 Å². The molecule has 6 heteroatoms. The van der Waals surface area contributed by atoms with E-state index in [0.717, 1.165) is 21.5 Å². The molecule has 126 valence electrons. The maximum absolute atomic E-state index is 11.8. The average molecular weight is 391 g/mol. The van der Waals surface area contributed by atoms with Crippen LogP contribution in [-0.2, 0) is 11.2 Å². The van der Waals surface area contributed by atoms with Crippen LogP contribution in [0, 0.1) is 0 Å². The number of ether oxygens (including phenoxy) is 2. The van der Waals surface area contributed by atoms with Crippen LogP contribution in [-0.4, -0.2) is 25.3 Å². The molecule has 0 aliphatic heterocycles. The number of benzene rings is 2. The van der Waals surface area contributed by atoms with E-state index < -0.39 is 0 Å². The summed E-state index contributed by atoms with van der Waals surface area (Å²) in [5.74, 6) is 1.13. The van der Waals surface area contributed by atoms with Crippen LogP contribution in [0.5, 0.6) is 11.5 Å². The molecule has 0 saturated carbocycles.